The lowest BCUT2D eigenvalue weighted by atomic mass is 10.5. The molecule has 10 heavy (non-hydrogen) atoms. The molecule has 1 aromatic rings. The fourth-order valence-corrected chi connectivity index (χ4v) is 0.412. The van der Waals surface area contributed by atoms with E-state index in [9.17, 15) is 0 Å². The van der Waals surface area contributed by atoms with Crippen LogP contribution in [0.4, 0.5) is 0 Å². The molecular formula is C7H12N2O. The van der Waals surface area contributed by atoms with Gasteiger partial charge in [-0.15, -0.1) is 0 Å². The molecule has 3 heteroatoms. The highest BCUT2D eigenvalue weighted by molar-refractivity contribution is 4.91. The van der Waals surface area contributed by atoms with Gasteiger partial charge in [0.15, 0.2) is 0 Å². The van der Waals surface area contributed by atoms with Crippen molar-refractivity contribution in [3.05, 3.63) is 24.3 Å². The van der Waals surface area contributed by atoms with E-state index in [1.807, 2.05) is 13.8 Å². The Balaban J connectivity index is 0.000000371. The van der Waals surface area contributed by atoms with Crippen molar-refractivity contribution in [2.45, 2.75) is 20.5 Å². The van der Waals surface area contributed by atoms with Crippen LogP contribution in [-0.2, 0) is 6.61 Å². The molecule has 1 aromatic heterocycles. The molecule has 0 amide bonds. The topological polar surface area (TPSA) is 46.0 Å². The summed E-state index contributed by atoms with van der Waals surface area (Å²) < 4.78 is 0. The molecule has 0 bridgehead atoms. The normalized spacial score (nSPS) is 7.90. The molecule has 0 aliphatic carbocycles. The zero-order chi connectivity index (χ0) is 7.82. The molecule has 0 fully saturated rings. The molecule has 56 valence electrons. The van der Waals surface area contributed by atoms with E-state index in [0.29, 0.717) is 5.69 Å². The van der Waals surface area contributed by atoms with Crippen LogP contribution in [0, 0.1) is 0 Å². The first-order valence-corrected chi connectivity index (χ1v) is 3.29. The maximum atomic E-state index is 8.44. The highest BCUT2D eigenvalue weighted by Gasteiger charge is 1.84. The first-order chi connectivity index (χ1) is 4.93. The van der Waals surface area contributed by atoms with Crippen LogP contribution >= 0.6 is 0 Å². The first-order valence-electron chi connectivity index (χ1n) is 3.29. The van der Waals surface area contributed by atoms with E-state index < -0.39 is 0 Å². The Morgan fingerprint density at radius 3 is 2.40 bits per heavy atom. The van der Waals surface area contributed by atoms with Crippen LogP contribution in [0.2, 0.25) is 0 Å². The molecule has 0 aromatic carbocycles. The first kappa shape index (κ1) is 9.04. The van der Waals surface area contributed by atoms with Crippen LogP contribution < -0.4 is 0 Å². The van der Waals surface area contributed by atoms with E-state index in [1.54, 1.807) is 12.4 Å². The zero-order valence-electron chi connectivity index (χ0n) is 6.28. The highest BCUT2D eigenvalue weighted by atomic mass is 16.3. The van der Waals surface area contributed by atoms with Gasteiger partial charge in [0, 0.05) is 12.4 Å². The van der Waals surface area contributed by atoms with Crippen LogP contribution in [0.15, 0.2) is 18.6 Å². The average Bonchev–Trinajstić information content (AvgIpc) is 2.10. The molecule has 3 nitrogen and oxygen atoms in total. The molecule has 1 heterocycles. The van der Waals surface area contributed by atoms with Gasteiger partial charge in [0.1, 0.15) is 0 Å². The Kier molecular flexibility index (Phi) is 5.57. The van der Waals surface area contributed by atoms with Gasteiger partial charge in [-0.3, -0.25) is 9.97 Å². The molecule has 0 atom stereocenters. The van der Waals surface area contributed by atoms with Crippen LogP contribution in [0.3, 0.4) is 0 Å². The maximum Gasteiger partial charge on any atom is 0.0868 e. The summed E-state index contributed by atoms with van der Waals surface area (Å²) in [4.78, 5) is 7.52. The number of aliphatic hydroxyl groups excluding tert-OH is 1. The SMILES string of the molecule is CC.OCc1cnccn1. The van der Waals surface area contributed by atoms with Crippen LogP contribution in [0.5, 0.6) is 0 Å². The Morgan fingerprint density at radius 2 is 2.10 bits per heavy atom. The minimum Gasteiger partial charge on any atom is -0.390 e. The van der Waals surface area contributed by atoms with Gasteiger partial charge < -0.3 is 5.11 Å². The second kappa shape index (κ2) is 6.16. The van der Waals surface area contributed by atoms with Crippen molar-refractivity contribution in [3.8, 4) is 0 Å². The maximum absolute atomic E-state index is 8.44. The Morgan fingerprint density at radius 1 is 1.40 bits per heavy atom. The Hall–Kier alpha value is -0.960. The van der Waals surface area contributed by atoms with Gasteiger partial charge in [-0.05, 0) is 0 Å². The minimum absolute atomic E-state index is 0.0339. The lowest BCUT2D eigenvalue weighted by molar-refractivity contribution is 0.276. The number of aliphatic hydroxyl groups is 1. The summed E-state index contributed by atoms with van der Waals surface area (Å²) in [5.41, 5.74) is 0.604. The molecule has 0 aliphatic heterocycles. The van der Waals surface area contributed by atoms with Crippen molar-refractivity contribution in [3.63, 3.8) is 0 Å². The Labute approximate surface area is 60.8 Å². The average molecular weight is 140 g/mol. The van der Waals surface area contributed by atoms with Crippen molar-refractivity contribution in [2.75, 3.05) is 0 Å². The van der Waals surface area contributed by atoms with Crippen molar-refractivity contribution >= 4 is 0 Å². The minimum atomic E-state index is -0.0339. The van der Waals surface area contributed by atoms with Crippen LogP contribution in [-0.4, -0.2) is 15.1 Å². The number of rotatable bonds is 1. The van der Waals surface area contributed by atoms with E-state index >= 15 is 0 Å². The van der Waals surface area contributed by atoms with E-state index in [2.05, 4.69) is 9.97 Å². The van der Waals surface area contributed by atoms with Crippen molar-refractivity contribution in [1.29, 1.82) is 0 Å². The fraction of sp³-hybridized carbons (Fsp3) is 0.429. The van der Waals surface area contributed by atoms with E-state index in [4.69, 9.17) is 5.11 Å². The molecule has 0 saturated carbocycles. The van der Waals surface area contributed by atoms with E-state index in [0.717, 1.165) is 0 Å². The van der Waals surface area contributed by atoms with Gasteiger partial charge in [0.25, 0.3) is 0 Å². The van der Waals surface area contributed by atoms with Gasteiger partial charge in [-0.25, -0.2) is 0 Å². The van der Waals surface area contributed by atoms with Crippen molar-refractivity contribution < 1.29 is 5.11 Å². The second-order valence-corrected chi connectivity index (χ2v) is 1.35. The lowest BCUT2D eigenvalue weighted by Crippen LogP contribution is -1.86. The third kappa shape index (κ3) is 3.14. The van der Waals surface area contributed by atoms with E-state index in [-0.39, 0.29) is 6.61 Å². The molecule has 1 N–H and O–H groups in total. The van der Waals surface area contributed by atoms with Gasteiger partial charge in [0.2, 0.25) is 0 Å². The number of hydrogen-bond donors (Lipinski definition) is 1. The zero-order valence-corrected chi connectivity index (χ0v) is 6.28. The Bertz CT molecular complexity index is 153. The summed E-state index contributed by atoms with van der Waals surface area (Å²) in [7, 11) is 0. The number of nitrogens with zero attached hydrogens (tertiary/aromatic N) is 2. The molecule has 0 spiro atoms. The summed E-state index contributed by atoms with van der Waals surface area (Å²) in [6.45, 7) is 3.97. The predicted octanol–water partition coefficient (Wildman–Crippen LogP) is 0.995. The second-order valence-electron chi connectivity index (χ2n) is 1.35. The summed E-state index contributed by atoms with van der Waals surface area (Å²) in [6, 6.07) is 0. The van der Waals surface area contributed by atoms with Crippen molar-refractivity contribution in [2.24, 2.45) is 0 Å². The smallest absolute Gasteiger partial charge is 0.0868 e. The summed E-state index contributed by atoms with van der Waals surface area (Å²) >= 11 is 0. The predicted molar refractivity (Wildman–Crippen MR) is 39.3 cm³/mol. The summed E-state index contributed by atoms with van der Waals surface area (Å²) in [6.07, 6.45) is 4.64. The third-order valence-corrected chi connectivity index (χ3v) is 0.779. The standard InChI is InChI=1S/C5H6N2O.C2H6/c8-4-5-3-6-1-2-7-5;1-2/h1-3,8H,4H2;1-2H3. The number of hydrogen-bond acceptors (Lipinski definition) is 3. The van der Waals surface area contributed by atoms with Gasteiger partial charge in [-0.2, -0.15) is 0 Å². The highest BCUT2D eigenvalue weighted by Crippen LogP contribution is 1.85. The molecule has 0 radical (unpaired) electrons. The monoisotopic (exact) mass is 140 g/mol. The van der Waals surface area contributed by atoms with Gasteiger partial charge >= 0.3 is 0 Å². The van der Waals surface area contributed by atoms with E-state index in [1.165, 1.54) is 6.20 Å². The van der Waals surface area contributed by atoms with Crippen LogP contribution in [0.25, 0.3) is 0 Å². The molecular weight excluding hydrogens is 128 g/mol. The van der Waals surface area contributed by atoms with Gasteiger partial charge in [-0.1, -0.05) is 13.8 Å². The van der Waals surface area contributed by atoms with Crippen LogP contribution in [0.1, 0.15) is 19.5 Å². The van der Waals surface area contributed by atoms with Gasteiger partial charge in [0.05, 0.1) is 18.5 Å². The summed E-state index contributed by atoms with van der Waals surface area (Å²) in [5.74, 6) is 0. The molecule has 1 rings (SSSR count). The largest absolute Gasteiger partial charge is 0.390 e. The number of aromatic nitrogens is 2. The third-order valence-electron chi connectivity index (χ3n) is 0.779. The molecule has 0 saturated heterocycles. The summed E-state index contributed by atoms with van der Waals surface area (Å²) in [5, 5.41) is 8.44. The lowest BCUT2D eigenvalue weighted by Gasteiger charge is -1.87. The quantitative estimate of drug-likeness (QED) is 0.632. The molecule has 0 aliphatic rings. The fourth-order valence-electron chi connectivity index (χ4n) is 0.412. The molecule has 0 unspecified atom stereocenters. The van der Waals surface area contributed by atoms with Crippen molar-refractivity contribution in [1.82, 2.24) is 9.97 Å².